The van der Waals surface area contributed by atoms with Crippen molar-refractivity contribution in [3.63, 3.8) is 0 Å². The number of methoxy groups -OCH3 is 1. The van der Waals surface area contributed by atoms with E-state index < -0.39 is 36.0 Å². The molecule has 1 aromatic carbocycles. The molecule has 0 N–H and O–H groups in total. The number of fused-ring (bicyclic) bond motifs is 7. The van der Waals surface area contributed by atoms with Gasteiger partial charge in [0.2, 0.25) is 12.1 Å². The van der Waals surface area contributed by atoms with Gasteiger partial charge in [-0.15, -0.1) is 0 Å². The van der Waals surface area contributed by atoms with Crippen molar-refractivity contribution in [2.75, 3.05) is 13.7 Å². The van der Waals surface area contributed by atoms with E-state index in [-0.39, 0.29) is 5.78 Å². The molecule has 4 rings (SSSR count). The van der Waals surface area contributed by atoms with Crippen molar-refractivity contribution in [3.8, 4) is 0 Å². The lowest BCUT2D eigenvalue weighted by atomic mass is 9.86. The van der Waals surface area contributed by atoms with Crippen LogP contribution in [0.4, 0.5) is 0 Å². The molecule has 0 spiro atoms. The SMILES string of the molecule is CCO[C@H]1OC(=O)[C@H]2[C@@H]1[C@@H]1O[C@@]2(OC)c2ccccc2C1=O. The van der Waals surface area contributed by atoms with E-state index in [0.717, 1.165) is 0 Å². The van der Waals surface area contributed by atoms with E-state index in [0.29, 0.717) is 17.7 Å². The molecule has 0 amide bonds. The van der Waals surface area contributed by atoms with Gasteiger partial charge in [-0.1, -0.05) is 24.3 Å². The highest BCUT2D eigenvalue weighted by atomic mass is 16.7. The van der Waals surface area contributed by atoms with Crippen LogP contribution in [0, 0.1) is 11.8 Å². The van der Waals surface area contributed by atoms with Crippen LogP contribution in [-0.2, 0) is 29.5 Å². The minimum atomic E-state index is -1.28. The molecule has 1 aromatic rings. The molecule has 22 heavy (non-hydrogen) atoms. The van der Waals surface area contributed by atoms with E-state index in [1.165, 1.54) is 7.11 Å². The second-order valence-corrected chi connectivity index (χ2v) is 5.64. The van der Waals surface area contributed by atoms with Crippen molar-refractivity contribution >= 4 is 11.8 Å². The van der Waals surface area contributed by atoms with Crippen LogP contribution < -0.4 is 0 Å². The molecule has 5 atom stereocenters. The number of carbonyl (C=O) groups is 2. The molecule has 0 saturated carbocycles. The third kappa shape index (κ3) is 1.49. The molecule has 116 valence electrons. The van der Waals surface area contributed by atoms with Crippen molar-refractivity contribution in [1.29, 1.82) is 0 Å². The summed E-state index contributed by atoms with van der Waals surface area (Å²) in [5.41, 5.74) is 1.12. The zero-order valence-electron chi connectivity index (χ0n) is 12.3. The van der Waals surface area contributed by atoms with Gasteiger partial charge in [-0.2, -0.15) is 0 Å². The highest BCUT2D eigenvalue weighted by Crippen LogP contribution is 2.57. The maximum absolute atomic E-state index is 12.7. The van der Waals surface area contributed by atoms with Crippen molar-refractivity contribution in [1.82, 2.24) is 0 Å². The Morgan fingerprint density at radius 1 is 1.27 bits per heavy atom. The number of esters is 1. The van der Waals surface area contributed by atoms with Crippen LogP contribution in [-0.4, -0.2) is 37.9 Å². The Balaban J connectivity index is 1.90. The fourth-order valence-corrected chi connectivity index (χ4v) is 3.86. The van der Waals surface area contributed by atoms with Gasteiger partial charge in [0, 0.05) is 24.8 Å². The third-order valence-electron chi connectivity index (χ3n) is 4.71. The fraction of sp³-hybridized carbons (Fsp3) is 0.500. The molecule has 3 aliphatic heterocycles. The lowest BCUT2D eigenvalue weighted by molar-refractivity contribution is -0.244. The van der Waals surface area contributed by atoms with E-state index in [1.54, 1.807) is 24.3 Å². The molecule has 0 radical (unpaired) electrons. The van der Waals surface area contributed by atoms with Crippen LogP contribution >= 0.6 is 0 Å². The summed E-state index contributed by atoms with van der Waals surface area (Å²) in [4.78, 5) is 25.1. The van der Waals surface area contributed by atoms with E-state index in [2.05, 4.69) is 0 Å². The van der Waals surface area contributed by atoms with E-state index >= 15 is 0 Å². The quantitative estimate of drug-likeness (QED) is 0.782. The van der Waals surface area contributed by atoms with Gasteiger partial charge in [-0.05, 0) is 6.92 Å². The fourth-order valence-electron chi connectivity index (χ4n) is 3.86. The number of ketones is 1. The summed E-state index contributed by atoms with van der Waals surface area (Å²) in [6.07, 6.45) is -1.56. The van der Waals surface area contributed by atoms with Gasteiger partial charge >= 0.3 is 5.97 Å². The van der Waals surface area contributed by atoms with Crippen LogP contribution in [0.5, 0.6) is 0 Å². The predicted molar refractivity (Wildman–Crippen MR) is 72.8 cm³/mol. The average molecular weight is 304 g/mol. The van der Waals surface area contributed by atoms with Gasteiger partial charge in [0.1, 0.15) is 12.0 Å². The van der Waals surface area contributed by atoms with Crippen LogP contribution in [0.25, 0.3) is 0 Å². The molecule has 6 heteroatoms. The summed E-state index contributed by atoms with van der Waals surface area (Å²) in [6.45, 7) is 2.20. The molecular weight excluding hydrogens is 288 g/mol. The standard InChI is InChI=1S/C16H16O6/c1-3-20-15-10-11(14(18)21-15)16(19-2)9-7-5-4-6-8(9)12(17)13(10)22-16/h4-7,10-11,13,15H,3H2,1-2H3/t10-,11-,13+,15+,16+/m1/s1. The monoisotopic (exact) mass is 304 g/mol. The maximum atomic E-state index is 12.7. The molecule has 0 aliphatic carbocycles. The Bertz CT molecular complexity index is 656. The average Bonchev–Trinajstić information content (AvgIpc) is 3.02. The van der Waals surface area contributed by atoms with Crippen molar-refractivity contribution in [2.45, 2.75) is 25.1 Å². The Hall–Kier alpha value is -1.76. The molecule has 6 nitrogen and oxygen atoms in total. The van der Waals surface area contributed by atoms with Crippen molar-refractivity contribution in [3.05, 3.63) is 35.4 Å². The first-order valence-corrected chi connectivity index (χ1v) is 7.33. The Morgan fingerprint density at radius 2 is 2.05 bits per heavy atom. The lowest BCUT2D eigenvalue weighted by Gasteiger charge is -2.35. The minimum absolute atomic E-state index is 0.154. The Morgan fingerprint density at radius 3 is 2.77 bits per heavy atom. The Kier molecular flexibility index (Phi) is 2.91. The first kappa shape index (κ1) is 13.9. The van der Waals surface area contributed by atoms with Gasteiger partial charge in [0.15, 0.2) is 5.78 Å². The minimum Gasteiger partial charge on any atom is -0.435 e. The van der Waals surface area contributed by atoms with Gasteiger partial charge in [-0.25, -0.2) is 0 Å². The number of hydrogen-bond acceptors (Lipinski definition) is 6. The van der Waals surface area contributed by atoms with Crippen LogP contribution in [0.2, 0.25) is 0 Å². The number of ether oxygens (including phenoxy) is 4. The lowest BCUT2D eigenvalue weighted by Crippen LogP contribution is -2.43. The zero-order valence-corrected chi connectivity index (χ0v) is 12.3. The van der Waals surface area contributed by atoms with Crippen molar-refractivity contribution < 1.29 is 28.5 Å². The number of Topliss-reactive ketones (excluding diaryl/α,β-unsaturated/α-hetero) is 1. The highest BCUT2D eigenvalue weighted by Gasteiger charge is 2.71. The van der Waals surface area contributed by atoms with E-state index in [9.17, 15) is 9.59 Å². The van der Waals surface area contributed by atoms with Gasteiger partial charge in [-0.3, -0.25) is 9.59 Å². The maximum Gasteiger partial charge on any atom is 0.317 e. The molecule has 2 bridgehead atoms. The summed E-state index contributed by atoms with van der Waals surface area (Å²) < 4.78 is 22.4. The second-order valence-electron chi connectivity index (χ2n) is 5.64. The normalized spacial score (nSPS) is 38.6. The van der Waals surface area contributed by atoms with Gasteiger partial charge < -0.3 is 18.9 Å². The zero-order chi connectivity index (χ0) is 15.5. The Labute approximate surface area is 127 Å². The summed E-state index contributed by atoms with van der Waals surface area (Å²) in [6, 6.07) is 7.09. The van der Waals surface area contributed by atoms with Crippen LogP contribution in [0.1, 0.15) is 22.8 Å². The topological polar surface area (TPSA) is 71.1 Å². The van der Waals surface area contributed by atoms with Crippen LogP contribution in [0.15, 0.2) is 24.3 Å². The summed E-state index contributed by atoms with van der Waals surface area (Å²) in [5, 5.41) is 0. The summed E-state index contributed by atoms with van der Waals surface area (Å²) in [7, 11) is 1.48. The molecule has 0 unspecified atom stereocenters. The molecule has 3 aliphatic rings. The summed E-state index contributed by atoms with van der Waals surface area (Å²) >= 11 is 0. The first-order chi connectivity index (χ1) is 10.6. The number of benzene rings is 1. The molecule has 2 fully saturated rings. The molecule has 0 aromatic heterocycles. The first-order valence-electron chi connectivity index (χ1n) is 7.33. The molecular formula is C16H16O6. The number of rotatable bonds is 3. The van der Waals surface area contributed by atoms with Gasteiger partial charge in [0.25, 0.3) is 0 Å². The number of carbonyl (C=O) groups excluding carboxylic acids is 2. The van der Waals surface area contributed by atoms with Crippen molar-refractivity contribution in [2.24, 2.45) is 11.8 Å². The van der Waals surface area contributed by atoms with E-state index in [1.807, 2.05) is 6.92 Å². The number of hydrogen-bond donors (Lipinski definition) is 0. The smallest absolute Gasteiger partial charge is 0.317 e. The van der Waals surface area contributed by atoms with Gasteiger partial charge in [0.05, 0.1) is 5.92 Å². The van der Waals surface area contributed by atoms with Crippen LogP contribution in [0.3, 0.4) is 0 Å². The molecule has 3 heterocycles. The third-order valence-corrected chi connectivity index (χ3v) is 4.71. The summed E-state index contributed by atoms with van der Waals surface area (Å²) in [5.74, 6) is -3.07. The van der Waals surface area contributed by atoms with E-state index in [4.69, 9.17) is 18.9 Å². The second kappa shape index (κ2) is 4.62. The number of cyclic esters (lactones) is 1. The molecule has 2 saturated heterocycles. The largest absolute Gasteiger partial charge is 0.435 e. The predicted octanol–water partition coefficient (Wildman–Crippen LogP) is 1.23. The highest BCUT2D eigenvalue weighted by molar-refractivity contribution is 6.04.